The average molecular weight is 300 g/mol. The molecule has 1 aromatic heterocycles. The lowest BCUT2D eigenvalue weighted by Crippen LogP contribution is -2.32. The van der Waals surface area contributed by atoms with Gasteiger partial charge in [0.15, 0.2) is 5.69 Å². The first-order valence-electron chi connectivity index (χ1n) is 6.65. The van der Waals surface area contributed by atoms with Crippen molar-refractivity contribution in [2.75, 3.05) is 20.2 Å². The van der Waals surface area contributed by atoms with Crippen LogP contribution in [-0.4, -0.2) is 47.3 Å². The Bertz CT molecular complexity index is 481. The number of carbonyl (C=O) groups is 2. The minimum absolute atomic E-state index is 0.230. The molecule has 1 aliphatic heterocycles. The molecule has 0 spiro atoms. The van der Waals surface area contributed by atoms with Crippen LogP contribution in [0.3, 0.4) is 0 Å². The number of halogens is 1. The van der Waals surface area contributed by atoms with Gasteiger partial charge in [-0.2, -0.15) is 5.10 Å². The minimum atomic E-state index is -0.482. The zero-order chi connectivity index (χ0) is 14.5. The van der Waals surface area contributed by atoms with Crippen molar-refractivity contribution in [2.24, 2.45) is 5.92 Å². The fourth-order valence-electron chi connectivity index (χ4n) is 2.41. The number of hydrogen-bond acceptors (Lipinski definition) is 4. The maximum atomic E-state index is 11.4. The molecule has 0 bridgehead atoms. The Labute approximate surface area is 122 Å². The molecule has 0 radical (unpaired) electrons. The third-order valence-corrected chi connectivity index (χ3v) is 3.98. The molecule has 0 aromatic carbocycles. The molecule has 0 aliphatic carbocycles. The maximum absolute atomic E-state index is 11.4. The van der Waals surface area contributed by atoms with Crippen molar-refractivity contribution in [1.29, 1.82) is 0 Å². The van der Waals surface area contributed by atoms with E-state index in [2.05, 4.69) is 9.84 Å². The molecule has 2 heterocycles. The molecule has 7 heteroatoms. The Kier molecular flexibility index (Phi) is 5.00. The number of aryl methyl sites for hydroxylation is 1. The molecule has 0 unspecified atom stereocenters. The van der Waals surface area contributed by atoms with Crippen LogP contribution < -0.4 is 0 Å². The Morgan fingerprint density at radius 3 is 2.85 bits per heavy atom. The zero-order valence-corrected chi connectivity index (χ0v) is 12.2. The summed E-state index contributed by atoms with van der Waals surface area (Å²) in [5, 5.41) is 4.58. The van der Waals surface area contributed by atoms with E-state index in [4.69, 9.17) is 11.6 Å². The molecular weight excluding hydrogens is 282 g/mol. The van der Waals surface area contributed by atoms with Crippen LogP contribution in [0.1, 0.15) is 29.8 Å². The van der Waals surface area contributed by atoms with Crippen molar-refractivity contribution in [3.8, 4) is 0 Å². The number of ether oxygens (including phenoxy) is 1. The molecule has 1 amide bonds. The largest absolute Gasteiger partial charge is 0.464 e. The molecule has 1 fully saturated rings. The number of methoxy groups -OCH3 is 1. The van der Waals surface area contributed by atoms with Gasteiger partial charge in [0.05, 0.1) is 7.11 Å². The second kappa shape index (κ2) is 6.74. The van der Waals surface area contributed by atoms with Gasteiger partial charge < -0.3 is 9.64 Å². The monoisotopic (exact) mass is 299 g/mol. The summed E-state index contributed by atoms with van der Waals surface area (Å²) in [4.78, 5) is 23.8. The van der Waals surface area contributed by atoms with E-state index in [1.165, 1.54) is 13.2 Å². The van der Waals surface area contributed by atoms with Crippen molar-refractivity contribution < 1.29 is 14.3 Å². The lowest BCUT2D eigenvalue weighted by Gasteiger charge is -2.29. The molecule has 20 heavy (non-hydrogen) atoms. The number of aromatic nitrogens is 2. The highest BCUT2D eigenvalue weighted by molar-refractivity contribution is 6.29. The first-order valence-corrected chi connectivity index (χ1v) is 7.03. The fraction of sp³-hybridized carbons (Fsp3) is 0.615. The van der Waals surface area contributed by atoms with Gasteiger partial charge in [0.1, 0.15) is 5.15 Å². The van der Waals surface area contributed by atoms with Gasteiger partial charge in [-0.25, -0.2) is 4.79 Å². The number of carbonyl (C=O) groups excluding carboxylic acids is 2. The average Bonchev–Trinajstić information content (AvgIpc) is 2.86. The number of nitrogens with zero attached hydrogens (tertiary/aromatic N) is 3. The first-order chi connectivity index (χ1) is 9.63. The van der Waals surface area contributed by atoms with Crippen LogP contribution in [0, 0.1) is 5.92 Å². The number of likely N-dealkylation sites (tertiary alicyclic amines) is 1. The number of esters is 1. The van der Waals surface area contributed by atoms with E-state index < -0.39 is 5.97 Å². The summed E-state index contributed by atoms with van der Waals surface area (Å²) < 4.78 is 6.24. The second-order valence-corrected chi connectivity index (χ2v) is 5.33. The van der Waals surface area contributed by atoms with Crippen LogP contribution in [-0.2, 0) is 16.1 Å². The van der Waals surface area contributed by atoms with Crippen molar-refractivity contribution in [2.45, 2.75) is 25.8 Å². The van der Waals surface area contributed by atoms with E-state index in [9.17, 15) is 9.59 Å². The lowest BCUT2D eigenvalue weighted by molar-refractivity contribution is -0.119. The van der Waals surface area contributed by atoms with E-state index >= 15 is 0 Å². The minimum Gasteiger partial charge on any atom is -0.464 e. The maximum Gasteiger partial charge on any atom is 0.358 e. The number of piperidine rings is 1. The zero-order valence-electron chi connectivity index (χ0n) is 11.4. The lowest BCUT2D eigenvalue weighted by atomic mass is 9.94. The first kappa shape index (κ1) is 14.8. The molecule has 1 saturated heterocycles. The van der Waals surface area contributed by atoms with Gasteiger partial charge in [0.25, 0.3) is 0 Å². The predicted octanol–water partition coefficient (Wildman–Crippen LogP) is 1.58. The van der Waals surface area contributed by atoms with Crippen LogP contribution in [0.2, 0.25) is 5.15 Å². The Morgan fingerprint density at radius 2 is 2.25 bits per heavy atom. The van der Waals surface area contributed by atoms with E-state index in [0.717, 1.165) is 38.8 Å². The van der Waals surface area contributed by atoms with Gasteiger partial charge in [-0.15, -0.1) is 0 Å². The summed E-state index contributed by atoms with van der Waals surface area (Å²) in [5.41, 5.74) is 0.230. The van der Waals surface area contributed by atoms with Gasteiger partial charge in [0, 0.05) is 25.7 Å². The number of rotatable bonds is 5. The summed E-state index contributed by atoms with van der Waals surface area (Å²) in [6, 6.07) is 1.52. The number of amides is 1. The molecule has 2 rings (SSSR count). The van der Waals surface area contributed by atoms with Crippen LogP contribution in [0.15, 0.2) is 6.07 Å². The van der Waals surface area contributed by atoms with Gasteiger partial charge in [-0.1, -0.05) is 11.6 Å². The third-order valence-electron chi connectivity index (χ3n) is 3.67. The molecule has 110 valence electrons. The Hall–Kier alpha value is -1.56. The standard InChI is InChI=1S/C13H18ClN3O3/c1-20-13(19)11-8-12(14)17(15-11)7-4-10-2-5-16(9-18)6-3-10/h8-10H,2-7H2,1H3. The summed E-state index contributed by atoms with van der Waals surface area (Å²) in [6.07, 6.45) is 3.85. The molecular formula is C13H18ClN3O3. The van der Waals surface area contributed by atoms with E-state index in [1.807, 2.05) is 0 Å². The highest BCUT2D eigenvalue weighted by Crippen LogP contribution is 2.21. The third kappa shape index (κ3) is 3.50. The van der Waals surface area contributed by atoms with Gasteiger partial charge >= 0.3 is 5.97 Å². The molecule has 0 N–H and O–H groups in total. The van der Waals surface area contributed by atoms with Crippen molar-refractivity contribution in [3.63, 3.8) is 0 Å². The topological polar surface area (TPSA) is 64.4 Å². The quantitative estimate of drug-likeness (QED) is 0.612. The molecule has 1 aromatic rings. The summed E-state index contributed by atoms with van der Waals surface area (Å²) >= 11 is 6.05. The van der Waals surface area contributed by atoms with Crippen molar-refractivity contribution in [3.05, 3.63) is 16.9 Å². The summed E-state index contributed by atoms with van der Waals surface area (Å²) in [5.74, 6) is 0.0815. The van der Waals surface area contributed by atoms with E-state index in [-0.39, 0.29) is 5.69 Å². The van der Waals surface area contributed by atoms with E-state index in [0.29, 0.717) is 17.6 Å². The van der Waals surface area contributed by atoms with Crippen molar-refractivity contribution in [1.82, 2.24) is 14.7 Å². The molecule has 0 saturated carbocycles. The number of hydrogen-bond donors (Lipinski definition) is 0. The SMILES string of the molecule is COC(=O)c1cc(Cl)n(CCC2CCN(C=O)CC2)n1. The predicted molar refractivity (Wildman–Crippen MR) is 73.6 cm³/mol. The van der Waals surface area contributed by atoms with Gasteiger partial charge in [-0.05, 0) is 25.2 Å². The van der Waals surface area contributed by atoms with Crippen LogP contribution in [0.5, 0.6) is 0 Å². The molecule has 1 aliphatic rings. The molecule has 0 atom stereocenters. The summed E-state index contributed by atoms with van der Waals surface area (Å²) in [6.45, 7) is 2.30. The highest BCUT2D eigenvalue weighted by Gasteiger charge is 2.19. The highest BCUT2D eigenvalue weighted by atomic mass is 35.5. The van der Waals surface area contributed by atoms with Gasteiger partial charge in [0.2, 0.25) is 6.41 Å². The normalized spacial score (nSPS) is 16.2. The smallest absolute Gasteiger partial charge is 0.358 e. The molecule has 6 nitrogen and oxygen atoms in total. The van der Waals surface area contributed by atoms with Gasteiger partial charge in [-0.3, -0.25) is 9.48 Å². The second-order valence-electron chi connectivity index (χ2n) is 4.94. The van der Waals surface area contributed by atoms with Crippen LogP contribution >= 0.6 is 11.6 Å². The summed E-state index contributed by atoms with van der Waals surface area (Å²) in [7, 11) is 1.32. The van der Waals surface area contributed by atoms with Crippen LogP contribution in [0.4, 0.5) is 0 Å². The Balaban J connectivity index is 1.86. The van der Waals surface area contributed by atoms with E-state index in [1.54, 1.807) is 9.58 Å². The Morgan fingerprint density at radius 1 is 1.55 bits per heavy atom. The van der Waals surface area contributed by atoms with Crippen molar-refractivity contribution >= 4 is 24.0 Å². The fourth-order valence-corrected chi connectivity index (χ4v) is 2.63. The van der Waals surface area contributed by atoms with Crippen LogP contribution in [0.25, 0.3) is 0 Å².